The van der Waals surface area contributed by atoms with Gasteiger partial charge in [-0.1, -0.05) is 26.0 Å². The van der Waals surface area contributed by atoms with Crippen LogP contribution in [0.3, 0.4) is 0 Å². The molecule has 1 aliphatic carbocycles. The van der Waals surface area contributed by atoms with Gasteiger partial charge in [0.15, 0.2) is 0 Å². The van der Waals surface area contributed by atoms with Crippen LogP contribution in [0.1, 0.15) is 33.6 Å². The summed E-state index contributed by atoms with van der Waals surface area (Å²) in [5, 5.41) is 4.33. The predicted octanol–water partition coefficient (Wildman–Crippen LogP) is 2.33. The first-order valence-corrected chi connectivity index (χ1v) is 4.46. The van der Waals surface area contributed by atoms with Crippen LogP contribution in [0.15, 0.2) is 17.3 Å². The van der Waals surface area contributed by atoms with E-state index >= 15 is 0 Å². The Labute approximate surface area is 74.7 Å². The van der Waals surface area contributed by atoms with Crippen molar-refractivity contribution in [2.75, 3.05) is 6.54 Å². The summed E-state index contributed by atoms with van der Waals surface area (Å²) in [5.74, 6) is 0. The summed E-state index contributed by atoms with van der Waals surface area (Å²) < 4.78 is 0. The van der Waals surface area contributed by atoms with Crippen LogP contribution in [0.5, 0.6) is 0 Å². The quantitative estimate of drug-likeness (QED) is 0.505. The van der Waals surface area contributed by atoms with E-state index in [0.717, 1.165) is 18.5 Å². The van der Waals surface area contributed by atoms with Crippen LogP contribution in [0.4, 0.5) is 0 Å². The third-order valence-corrected chi connectivity index (χ3v) is 2.36. The third kappa shape index (κ3) is 2.10. The van der Waals surface area contributed by atoms with Gasteiger partial charge < -0.3 is 5.43 Å². The monoisotopic (exact) mass is 166 g/mol. The van der Waals surface area contributed by atoms with Crippen molar-refractivity contribution in [3.05, 3.63) is 12.2 Å². The lowest BCUT2D eigenvalue weighted by atomic mass is 9.70. The van der Waals surface area contributed by atoms with Crippen molar-refractivity contribution < 1.29 is 0 Å². The Morgan fingerprint density at radius 1 is 1.67 bits per heavy atom. The minimum Gasteiger partial charge on any atom is -0.306 e. The maximum atomic E-state index is 4.33. The molecular weight excluding hydrogens is 148 g/mol. The lowest BCUT2D eigenvalue weighted by molar-refractivity contribution is 0.402. The fraction of sp³-hybridized carbons (Fsp3) is 0.700. The normalized spacial score (nSPS) is 23.4. The second kappa shape index (κ2) is 3.30. The molecule has 0 aromatic rings. The molecule has 0 radical (unpaired) electrons. The van der Waals surface area contributed by atoms with E-state index < -0.39 is 0 Å². The molecule has 0 saturated heterocycles. The molecule has 0 atom stereocenters. The van der Waals surface area contributed by atoms with Gasteiger partial charge in [0.25, 0.3) is 0 Å². The van der Waals surface area contributed by atoms with Gasteiger partial charge in [-0.25, -0.2) is 0 Å². The summed E-state index contributed by atoms with van der Waals surface area (Å²) in [5.41, 5.74) is 5.78. The minimum atomic E-state index is 0.335. The second-order valence-corrected chi connectivity index (χ2v) is 4.23. The van der Waals surface area contributed by atoms with Gasteiger partial charge in [-0.15, -0.1) is 0 Å². The van der Waals surface area contributed by atoms with Crippen LogP contribution >= 0.6 is 0 Å². The smallest absolute Gasteiger partial charge is 0.0534 e. The highest BCUT2D eigenvalue weighted by Gasteiger charge is 2.34. The van der Waals surface area contributed by atoms with E-state index in [0.29, 0.717) is 5.41 Å². The molecule has 1 N–H and O–H groups in total. The van der Waals surface area contributed by atoms with Crippen molar-refractivity contribution in [1.82, 2.24) is 5.43 Å². The zero-order chi connectivity index (χ0) is 9.19. The highest BCUT2D eigenvalue weighted by molar-refractivity contribution is 5.94. The van der Waals surface area contributed by atoms with E-state index in [1.807, 2.05) is 6.92 Å². The Balaban J connectivity index is 2.33. The van der Waals surface area contributed by atoms with Gasteiger partial charge in [-0.05, 0) is 19.8 Å². The van der Waals surface area contributed by atoms with Crippen LogP contribution < -0.4 is 5.43 Å². The summed E-state index contributed by atoms with van der Waals surface area (Å²) in [6.45, 7) is 11.1. The van der Waals surface area contributed by atoms with Crippen molar-refractivity contribution in [1.29, 1.82) is 0 Å². The van der Waals surface area contributed by atoms with E-state index in [4.69, 9.17) is 0 Å². The highest BCUT2D eigenvalue weighted by Crippen LogP contribution is 2.36. The Kier molecular flexibility index (Phi) is 2.55. The van der Waals surface area contributed by atoms with E-state index in [1.54, 1.807) is 0 Å². The average molecular weight is 166 g/mol. The number of hydrogen-bond acceptors (Lipinski definition) is 2. The molecule has 0 heterocycles. The Bertz CT molecular complexity index is 214. The number of rotatable bonds is 3. The standard InChI is InChI=1S/C10H18N2/c1-8(2)7-11-12-9-5-6-10(9,3)4/h11H,1,5-7H2,2-4H3/b12-9-. The van der Waals surface area contributed by atoms with Crippen LogP contribution in [-0.2, 0) is 0 Å². The zero-order valence-electron chi connectivity index (χ0n) is 8.28. The molecule has 0 spiro atoms. The first-order valence-electron chi connectivity index (χ1n) is 4.46. The molecule has 0 aromatic carbocycles. The lowest BCUT2D eigenvalue weighted by Gasteiger charge is -2.36. The van der Waals surface area contributed by atoms with E-state index in [9.17, 15) is 0 Å². The largest absolute Gasteiger partial charge is 0.306 e. The van der Waals surface area contributed by atoms with Crippen molar-refractivity contribution in [2.45, 2.75) is 33.6 Å². The molecule has 0 unspecified atom stereocenters. The van der Waals surface area contributed by atoms with Crippen LogP contribution in [0.25, 0.3) is 0 Å². The molecule has 0 amide bonds. The fourth-order valence-corrected chi connectivity index (χ4v) is 1.21. The summed E-state index contributed by atoms with van der Waals surface area (Å²) in [4.78, 5) is 0. The van der Waals surface area contributed by atoms with E-state index in [1.165, 1.54) is 12.1 Å². The summed E-state index contributed by atoms with van der Waals surface area (Å²) in [6, 6.07) is 0. The Morgan fingerprint density at radius 3 is 2.67 bits per heavy atom. The van der Waals surface area contributed by atoms with Gasteiger partial charge in [-0.2, -0.15) is 5.10 Å². The fourth-order valence-electron chi connectivity index (χ4n) is 1.21. The lowest BCUT2D eigenvalue weighted by Crippen LogP contribution is -2.36. The Morgan fingerprint density at radius 2 is 2.33 bits per heavy atom. The van der Waals surface area contributed by atoms with Crippen molar-refractivity contribution >= 4 is 5.71 Å². The van der Waals surface area contributed by atoms with Gasteiger partial charge in [0, 0.05) is 11.1 Å². The zero-order valence-corrected chi connectivity index (χ0v) is 8.28. The molecule has 12 heavy (non-hydrogen) atoms. The maximum Gasteiger partial charge on any atom is 0.0534 e. The maximum absolute atomic E-state index is 4.33. The van der Waals surface area contributed by atoms with E-state index in [2.05, 4.69) is 31.0 Å². The van der Waals surface area contributed by atoms with Gasteiger partial charge in [0.2, 0.25) is 0 Å². The molecule has 1 fully saturated rings. The molecule has 0 bridgehead atoms. The SMILES string of the molecule is C=C(C)CN/N=C1/CCC1(C)C. The third-order valence-electron chi connectivity index (χ3n) is 2.36. The summed E-state index contributed by atoms with van der Waals surface area (Å²) >= 11 is 0. The molecule has 1 aliphatic rings. The first-order chi connectivity index (χ1) is 5.52. The number of hydrogen-bond donors (Lipinski definition) is 1. The second-order valence-electron chi connectivity index (χ2n) is 4.23. The van der Waals surface area contributed by atoms with Gasteiger partial charge in [0.1, 0.15) is 0 Å². The minimum absolute atomic E-state index is 0.335. The van der Waals surface area contributed by atoms with Gasteiger partial charge in [0.05, 0.1) is 6.54 Å². The predicted molar refractivity (Wildman–Crippen MR) is 53.3 cm³/mol. The van der Waals surface area contributed by atoms with E-state index in [-0.39, 0.29) is 0 Å². The molecule has 1 rings (SSSR count). The molecular formula is C10H18N2. The summed E-state index contributed by atoms with van der Waals surface area (Å²) in [6.07, 6.45) is 2.41. The molecule has 1 saturated carbocycles. The van der Waals surface area contributed by atoms with Crippen molar-refractivity contribution in [3.8, 4) is 0 Å². The number of hydrazone groups is 1. The number of nitrogens with one attached hydrogen (secondary N) is 1. The topological polar surface area (TPSA) is 24.4 Å². The molecule has 0 aromatic heterocycles. The molecule has 68 valence electrons. The van der Waals surface area contributed by atoms with Crippen LogP contribution in [-0.4, -0.2) is 12.3 Å². The molecule has 0 aliphatic heterocycles. The van der Waals surface area contributed by atoms with Gasteiger partial charge in [-0.3, -0.25) is 0 Å². The molecule has 2 heteroatoms. The first kappa shape index (κ1) is 9.30. The van der Waals surface area contributed by atoms with Crippen molar-refractivity contribution in [2.24, 2.45) is 10.5 Å². The van der Waals surface area contributed by atoms with Gasteiger partial charge >= 0.3 is 0 Å². The van der Waals surface area contributed by atoms with Crippen LogP contribution in [0.2, 0.25) is 0 Å². The Hall–Kier alpha value is -0.790. The summed E-state index contributed by atoms with van der Waals surface area (Å²) in [7, 11) is 0. The number of nitrogens with zero attached hydrogens (tertiary/aromatic N) is 1. The van der Waals surface area contributed by atoms with Crippen LogP contribution in [0, 0.1) is 5.41 Å². The average Bonchev–Trinajstić information content (AvgIpc) is 1.95. The highest BCUT2D eigenvalue weighted by atomic mass is 15.3. The molecule has 2 nitrogen and oxygen atoms in total. The van der Waals surface area contributed by atoms with Crippen molar-refractivity contribution in [3.63, 3.8) is 0 Å².